The Morgan fingerprint density at radius 2 is 1.38 bits per heavy atom. The fourth-order valence-electron chi connectivity index (χ4n) is 3.23. The molecule has 4 rings (SSSR count). The van der Waals surface area contributed by atoms with E-state index in [-0.39, 0.29) is 6.03 Å². The number of nitrogens with one attached hydrogen (secondary N) is 4. The molecule has 2 amide bonds. The minimum Gasteiger partial charge on any atom is -0.340 e. The van der Waals surface area contributed by atoms with E-state index in [9.17, 15) is 4.79 Å². The van der Waals surface area contributed by atoms with Gasteiger partial charge < -0.3 is 21.3 Å². The van der Waals surface area contributed by atoms with Crippen molar-refractivity contribution in [1.29, 1.82) is 0 Å². The van der Waals surface area contributed by atoms with Crippen molar-refractivity contribution in [2.24, 2.45) is 0 Å². The molecule has 0 aliphatic rings. The topological polar surface area (TPSA) is 91.0 Å². The molecule has 0 saturated heterocycles. The Bertz CT molecular complexity index is 1280. The third kappa shape index (κ3) is 6.49. The molecular weight excluding hydrogens is 444 g/mol. The molecule has 0 saturated carbocycles. The number of hydrogen-bond acceptors (Lipinski definition) is 6. The van der Waals surface area contributed by atoms with Crippen LogP contribution < -0.4 is 21.3 Å². The highest BCUT2D eigenvalue weighted by molar-refractivity contribution is 7.98. The summed E-state index contributed by atoms with van der Waals surface area (Å²) in [6.07, 6.45) is 2.00. The van der Waals surface area contributed by atoms with E-state index in [2.05, 4.69) is 38.2 Å². The number of hydrogen-bond donors (Lipinski definition) is 4. The van der Waals surface area contributed by atoms with Crippen LogP contribution >= 0.6 is 11.8 Å². The number of carbonyl (C=O) groups is 1. The van der Waals surface area contributed by atoms with Crippen molar-refractivity contribution < 1.29 is 4.79 Å². The maximum absolute atomic E-state index is 12.3. The molecular formula is C26H26N6OS. The van der Waals surface area contributed by atoms with E-state index < -0.39 is 0 Å². The zero-order valence-corrected chi connectivity index (χ0v) is 20.0. The first-order chi connectivity index (χ1) is 16.5. The third-order valence-corrected chi connectivity index (χ3v) is 5.63. The van der Waals surface area contributed by atoms with Crippen LogP contribution in [0.1, 0.15) is 11.3 Å². The summed E-state index contributed by atoms with van der Waals surface area (Å²) in [6, 6.07) is 24.8. The lowest BCUT2D eigenvalue weighted by molar-refractivity contribution is 0.262. The standard InChI is InChI=1S/C26H26N6OS/c1-17-7-9-19(10-8-17)28-24-15-18(2)27-25(32-24)29-20-11-13-21(14-12-20)30-26(33)31-22-5-4-6-23(16-22)34-3/h4-16H,1-3H3,(H2,30,31,33)(H2,27,28,29,32). The lowest BCUT2D eigenvalue weighted by atomic mass is 10.2. The number of benzene rings is 3. The van der Waals surface area contributed by atoms with Gasteiger partial charge in [-0.25, -0.2) is 9.78 Å². The van der Waals surface area contributed by atoms with Crippen LogP contribution in [0, 0.1) is 13.8 Å². The van der Waals surface area contributed by atoms with E-state index in [0.717, 1.165) is 27.7 Å². The van der Waals surface area contributed by atoms with E-state index in [1.807, 2.05) is 92.0 Å². The number of thioether (sulfide) groups is 1. The van der Waals surface area contributed by atoms with Gasteiger partial charge in [0.25, 0.3) is 0 Å². The maximum Gasteiger partial charge on any atom is 0.323 e. The molecule has 1 aromatic heterocycles. The molecule has 34 heavy (non-hydrogen) atoms. The lowest BCUT2D eigenvalue weighted by Crippen LogP contribution is -2.19. The molecule has 4 N–H and O–H groups in total. The fraction of sp³-hybridized carbons (Fsp3) is 0.115. The predicted molar refractivity (Wildman–Crippen MR) is 142 cm³/mol. The first-order valence-electron chi connectivity index (χ1n) is 10.8. The molecule has 172 valence electrons. The van der Waals surface area contributed by atoms with Crippen LogP contribution in [-0.4, -0.2) is 22.3 Å². The quantitative estimate of drug-likeness (QED) is 0.219. The Morgan fingerprint density at radius 1 is 0.735 bits per heavy atom. The van der Waals surface area contributed by atoms with Gasteiger partial charge in [-0.1, -0.05) is 23.8 Å². The first kappa shape index (κ1) is 23.1. The summed E-state index contributed by atoms with van der Waals surface area (Å²) in [5.41, 5.74) is 5.24. The zero-order valence-electron chi connectivity index (χ0n) is 19.2. The molecule has 4 aromatic rings. The van der Waals surface area contributed by atoms with Crippen molar-refractivity contribution in [3.8, 4) is 0 Å². The van der Waals surface area contributed by atoms with Gasteiger partial charge in [0.05, 0.1) is 0 Å². The second kappa shape index (κ2) is 10.7. The number of aromatic nitrogens is 2. The second-order valence-electron chi connectivity index (χ2n) is 7.72. The monoisotopic (exact) mass is 470 g/mol. The van der Waals surface area contributed by atoms with Gasteiger partial charge in [0.15, 0.2) is 0 Å². The highest BCUT2D eigenvalue weighted by Crippen LogP contribution is 2.22. The third-order valence-electron chi connectivity index (χ3n) is 4.90. The van der Waals surface area contributed by atoms with E-state index in [1.165, 1.54) is 5.56 Å². The predicted octanol–water partition coefficient (Wildman–Crippen LogP) is 6.95. The van der Waals surface area contributed by atoms with Gasteiger partial charge in [-0.3, -0.25) is 0 Å². The van der Waals surface area contributed by atoms with Crippen molar-refractivity contribution in [2.75, 3.05) is 27.5 Å². The molecule has 0 fully saturated rings. The van der Waals surface area contributed by atoms with Crippen LogP contribution in [0.5, 0.6) is 0 Å². The fourth-order valence-corrected chi connectivity index (χ4v) is 3.69. The molecule has 0 bridgehead atoms. The van der Waals surface area contributed by atoms with Gasteiger partial charge in [0, 0.05) is 39.4 Å². The highest BCUT2D eigenvalue weighted by atomic mass is 32.2. The number of urea groups is 1. The van der Waals surface area contributed by atoms with Gasteiger partial charge in [0.2, 0.25) is 5.95 Å². The molecule has 0 aliphatic carbocycles. The number of carbonyl (C=O) groups excluding carboxylic acids is 1. The van der Waals surface area contributed by atoms with Gasteiger partial charge in [0.1, 0.15) is 5.82 Å². The minimum absolute atomic E-state index is 0.298. The molecule has 0 spiro atoms. The highest BCUT2D eigenvalue weighted by Gasteiger charge is 2.06. The maximum atomic E-state index is 12.3. The number of aryl methyl sites for hydroxylation is 2. The van der Waals surface area contributed by atoms with Crippen molar-refractivity contribution in [3.05, 3.63) is 90.1 Å². The summed E-state index contributed by atoms with van der Waals surface area (Å²) in [7, 11) is 0. The number of nitrogens with zero attached hydrogens (tertiary/aromatic N) is 2. The summed E-state index contributed by atoms with van der Waals surface area (Å²) in [5.74, 6) is 1.20. The van der Waals surface area contributed by atoms with E-state index in [1.54, 1.807) is 11.8 Å². The van der Waals surface area contributed by atoms with Crippen molar-refractivity contribution in [1.82, 2.24) is 9.97 Å². The average molecular weight is 471 g/mol. The molecule has 0 aliphatic heterocycles. The molecule has 0 atom stereocenters. The Labute approximate surface area is 203 Å². The zero-order chi connectivity index (χ0) is 23.9. The van der Waals surface area contributed by atoms with Crippen LogP contribution in [0.2, 0.25) is 0 Å². The van der Waals surface area contributed by atoms with Crippen LogP contribution in [0.15, 0.2) is 83.8 Å². The van der Waals surface area contributed by atoms with E-state index in [4.69, 9.17) is 0 Å². The van der Waals surface area contributed by atoms with Gasteiger partial charge >= 0.3 is 6.03 Å². The van der Waals surface area contributed by atoms with Crippen LogP contribution in [0.25, 0.3) is 0 Å². The van der Waals surface area contributed by atoms with E-state index in [0.29, 0.717) is 17.5 Å². The molecule has 0 radical (unpaired) electrons. The van der Waals surface area contributed by atoms with Crippen molar-refractivity contribution in [2.45, 2.75) is 18.7 Å². The van der Waals surface area contributed by atoms with Crippen LogP contribution in [0.4, 0.5) is 39.3 Å². The molecule has 7 nitrogen and oxygen atoms in total. The number of amides is 2. The van der Waals surface area contributed by atoms with Gasteiger partial charge in [-0.15, -0.1) is 11.8 Å². The van der Waals surface area contributed by atoms with Crippen molar-refractivity contribution >= 4 is 52.3 Å². The Kier molecular flexibility index (Phi) is 7.29. The largest absolute Gasteiger partial charge is 0.340 e. The number of rotatable bonds is 7. The van der Waals surface area contributed by atoms with Crippen LogP contribution in [-0.2, 0) is 0 Å². The normalized spacial score (nSPS) is 10.4. The van der Waals surface area contributed by atoms with Gasteiger partial charge in [-0.05, 0) is 74.7 Å². The molecule has 0 unspecified atom stereocenters. The molecule has 1 heterocycles. The van der Waals surface area contributed by atoms with Crippen molar-refractivity contribution in [3.63, 3.8) is 0 Å². The smallest absolute Gasteiger partial charge is 0.323 e. The molecule has 8 heteroatoms. The summed E-state index contributed by atoms with van der Waals surface area (Å²) in [5, 5.41) is 12.2. The Morgan fingerprint density at radius 3 is 2.12 bits per heavy atom. The Hall–Kier alpha value is -4.04. The lowest BCUT2D eigenvalue weighted by Gasteiger charge is -2.11. The minimum atomic E-state index is -0.298. The molecule has 3 aromatic carbocycles. The van der Waals surface area contributed by atoms with E-state index >= 15 is 0 Å². The summed E-state index contributed by atoms with van der Waals surface area (Å²) >= 11 is 1.63. The average Bonchev–Trinajstić information content (AvgIpc) is 2.81. The Balaban J connectivity index is 1.37. The summed E-state index contributed by atoms with van der Waals surface area (Å²) in [4.78, 5) is 22.5. The summed E-state index contributed by atoms with van der Waals surface area (Å²) < 4.78 is 0. The first-order valence-corrected chi connectivity index (χ1v) is 12.0. The number of anilines is 6. The van der Waals surface area contributed by atoms with Gasteiger partial charge in [-0.2, -0.15) is 4.98 Å². The SMILES string of the molecule is CSc1cccc(NC(=O)Nc2ccc(Nc3nc(C)cc(Nc4ccc(C)cc4)n3)cc2)c1. The summed E-state index contributed by atoms with van der Waals surface area (Å²) in [6.45, 7) is 3.98. The van der Waals surface area contributed by atoms with Crippen LogP contribution in [0.3, 0.4) is 0 Å². The second-order valence-corrected chi connectivity index (χ2v) is 8.60.